The van der Waals surface area contributed by atoms with Gasteiger partial charge in [-0.2, -0.15) is 0 Å². The number of likely N-dealkylation sites (tertiary alicyclic amines) is 1. The third kappa shape index (κ3) is 2.02. The molecular formula is C15H22N2O. The molecule has 1 aromatic rings. The van der Waals surface area contributed by atoms with E-state index in [1.807, 2.05) is 12.1 Å². The molecule has 2 saturated heterocycles. The van der Waals surface area contributed by atoms with Gasteiger partial charge in [0.25, 0.3) is 0 Å². The maximum Gasteiger partial charge on any atom is 0.0472 e. The van der Waals surface area contributed by atoms with Gasteiger partial charge in [0, 0.05) is 43.4 Å². The molecule has 2 N–H and O–H groups in total. The van der Waals surface area contributed by atoms with Crippen LogP contribution in [0.3, 0.4) is 0 Å². The van der Waals surface area contributed by atoms with Gasteiger partial charge in [0.2, 0.25) is 0 Å². The van der Waals surface area contributed by atoms with Crippen LogP contribution in [-0.4, -0.2) is 31.2 Å². The molecule has 2 fully saturated rings. The Bertz CT molecular complexity index is 418. The first-order chi connectivity index (χ1) is 8.70. The van der Waals surface area contributed by atoms with E-state index >= 15 is 0 Å². The fraction of sp³-hybridized carbons (Fsp3) is 0.600. The first-order valence-electron chi connectivity index (χ1n) is 6.86. The van der Waals surface area contributed by atoms with Crippen LogP contribution < -0.4 is 5.73 Å². The Morgan fingerprint density at radius 3 is 2.56 bits per heavy atom. The number of para-hydroxylation sites is 1. The van der Waals surface area contributed by atoms with E-state index in [0.717, 1.165) is 18.9 Å². The van der Waals surface area contributed by atoms with Crippen molar-refractivity contribution in [1.29, 1.82) is 0 Å². The molecular weight excluding hydrogens is 224 g/mol. The van der Waals surface area contributed by atoms with Crippen LogP contribution in [-0.2, 0) is 4.74 Å². The fourth-order valence-corrected chi connectivity index (χ4v) is 3.30. The van der Waals surface area contributed by atoms with Crippen LogP contribution in [0.5, 0.6) is 0 Å². The topological polar surface area (TPSA) is 38.5 Å². The lowest BCUT2D eigenvalue weighted by atomic mass is 9.72. The van der Waals surface area contributed by atoms with Crippen molar-refractivity contribution in [3.05, 3.63) is 29.8 Å². The van der Waals surface area contributed by atoms with Gasteiger partial charge in [0.1, 0.15) is 0 Å². The van der Waals surface area contributed by atoms with Crippen molar-refractivity contribution in [2.45, 2.75) is 25.8 Å². The molecule has 0 radical (unpaired) electrons. The Kier molecular flexibility index (Phi) is 3.04. The fourth-order valence-electron chi connectivity index (χ4n) is 3.30. The van der Waals surface area contributed by atoms with E-state index in [0.29, 0.717) is 11.5 Å². The minimum atomic E-state index is 0.430. The number of hydrogen-bond acceptors (Lipinski definition) is 3. The van der Waals surface area contributed by atoms with Gasteiger partial charge >= 0.3 is 0 Å². The Morgan fingerprint density at radius 1 is 1.22 bits per heavy atom. The molecule has 3 nitrogen and oxygen atoms in total. The van der Waals surface area contributed by atoms with Gasteiger partial charge in [-0.25, -0.2) is 0 Å². The molecule has 0 bridgehead atoms. The normalized spacial score (nSPS) is 24.7. The minimum Gasteiger partial charge on any atom is -0.398 e. The van der Waals surface area contributed by atoms with Gasteiger partial charge in [0.05, 0.1) is 0 Å². The van der Waals surface area contributed by atoms with Crippen LogP contribution in [0.25, 0.3) is 0 Å². The molecule has 0 aliphatic carbocycles. The quantitative estimate of drug-likeness (QED) is 0.815. The highest BCUT2D eigenvalue weighted by molar-refractivity contribution is 5.48. The average molecular weight is 246 g/mol. The molecule has 2 aliphatic rings. The Hall–Kier alpha value is -1.06. The molecule has 0 aromatic heterocycles. The van der Waals surface area contributed by atoms with Crippen molar-refractivity contribution in [2.75, 3.05) is 32.0 Å². The summed E-state index contributed by atoms with van der Waals surface area (Å²) in [6.45, 7) is 6.54. The highest BCUT2D eigenvalue weighted by Gasteiger charge is 2.45. The molecule has 3 rings (SSSR count). The number of nitrogen functional groups attached to an aromatic ring is 1. The second-order valence-electron chi connectivity index (χ2n) is 5.82. The standard InChI is InChI=1S/C15H22N2O/c1-12(13-4-2-3-5-14(13)16)17-10-15(11-17)6-8-18-9-7-15/h2-5,12H,6-11,16H2,1H3. The van der Waals surface area contributed by atoms with Crippen molar-refractivity contribution in [3.63, 3.8) is 0 Å². The number of ether oxygens (including phenoxy) is 1. The predicted molar refractivity (Wildman–Crippen MR) is 73.3 cm³/mol. The second-order valence-corrected chi connectivity index (χ2v) is 5.82. The van der Waals surface area contributed by atoms with Gasteiger partial charge in [-0.05, 0) is 31.4 Å². The first-order valence-corrected chi connectivity index (χ1v) is 6.86. The molecule has 18 heavy (non-hydrogen) atoms. The van der Waals surface area contributed by atoms with E-state index in [1.54, 1.807) is 0 Å². The Balaban J connectivity index is 1.66. The summed E-state index contributed by atoms with van der Waals surface area (Å²) in [5, 5.41) is 0. The molecule has 1 unspecified atom stereocenters. The SMILES string of the molecule is CC(c1ccccc1N)N1CC2(CCOCC2)C1. The van der Waals surface area contributed by atoms with Crippen molar-refractivity contribution >= 4 is 5.69 Å². The molecule has 1 aromatic carbocycles. The lowest BCUT2D eigenvalue weighted by Gasteiger charge is -2.54. The lowest BCUT2D eigenvalue weighted by Crippen LogP contribution is -2.58. The third-order valence-corrected chi connectivity index (χ3v) is 4.62. The monoisotopic (exact) mass is 246 g/mol. The maximum absolute atomic E-state index is 6.06. The summed E-state index contributed by atoms with van der Waals surface area (Å²) in [7, 11) is 0. The maximum atomic E-state index is 6.06. The van der Waals surface area contributed by atoms with Crippen LogP contribution >= 0.6 is 0 Å². The highest BCUT2D eigenvalue weighted by atomic mass is 16.5. The number of benzene rings is 1. The summed E-state index contributed by atoms with van der Waals surface area (Å²) in [5.41, 5.74) is 8.78. The molecule has 0 amide bonds. The van der Waals surface area contributed by atoms with E-state index in [2.05, 4.69) is 24.0 Å². The number of nitrogens with zero attached hydrogens (tertiary/aromatic N) is 1. The molecule has 98 valence electrons. The lowest BCUT2D eigenvalue weighted by molar-refractivity contribution is -0.0952. The largest absolute Gasteiger partial charge is 0.398 e. The van der Waals surface area contributed by atoms with Crippen molar-refractivity contribution < 1.29 is 4.74 Å². The predicted octanol–water partition coefficient (Wildman–Crippen LogP) is 2.44. The third-order valence-electron chi connectivity index (χ3n) is 4.62. The first kappa shape index (κ1) is 12.0. The van der Waals surface area contributed by atoms with E-state index in [-0.39, 0.29) is 0 Å². The van der Waals surface area contributed by atoms with E-state index in [4.69, 9.17) is 10.5 Å². The van der Waals surface area contributed by atoms with Crippen molar-refractivity contribution in [3.8, 4) is 0 Å². The van der Waals surface area contributed by atoms with Crippen LogP contribution in [0.2, 0.25) is 0 Å². The van der Waals surface area contributed by atoms with Gasteiger partial charge in [-0.1, -0.05) is 18.2 Å². The molecule has 3 heteroatoms. The van der Waals surface area contributed by atoms with Gasteiger partial charge < -0.3 is 10.5 Å². The number of rotatable bonds is 2. The van der Waals surface area contributed by atoms with E-state index in [9.17, 15) is 0 Å². The summed E-state index contributed by atoms with van der Waals surface area (Å²) < 4.78 is 5.46. The smallest absolute Gasteiger partial charge is 0.0472 e. The molecule has 0 saturated carbocycles. The van der Waals surface area contributed by atoms with Crippen LogP contribution in [0.15, 0.2) is 24.3 Å². The zero-order chi connectivity index (χ0) is 12.6. The summed E-state index contributed by atoms with van der Waals surface area (Å²) in [6.07, 6.45) is 2.45. The van der Waals surface area contributed by atoms with Crippen LogP contribution in [0, 0.1) is 5.41 Å². The van der Waals surface area contributed by atoms with Crippen molar-refractivity contribution in [1.82, 2.24) is 4.90 Å². The summed E-state index contributed by atoms with van der Waals surface area (Å²) in [4.78, 5) is 2.54. The summed E-state index contributed by atoms with van der Waals surface area (Å²) in [6, 6.07) is 8.65. The number of hydrogen-bond donors (Lipinski definition) is 1. The van der Waals surface area contributed by atoms with Gasteiger partial charge in [-0.15, -0.1) is 0 Å². The zero-order valence-corrected chi connectivity index (χ0v) is 11.1. The minimum absolute atomic E-state index is 0.430. The van der Waals surface area contributed by atoms with Gasteiger partial charge in [0.15, 0.2) is 0 Å². The summed E-state index contributed by atoms with van der Waals surface area (Å²) >= 11 is 0. The second kappa shape index (κ2) is 4.56. The van der Waals surface area contributed by atoms with E-state index < -0.39 is 0 Å². The van der Waals surface area contributed by atoms with E-state index in [1.165, 1.54) is 31.5 Å². The number of nitrogens with two attached hydrogens (primary N) is 1. The van der Waals surface area contributed by atoms with Crippen molar-refractivity contribution in [2.24, 2.45) is 5.41 Å². The Labute approximate surface area is 109 Å². The highest BCUT2D eigenvalue weighted by Crippen LogP contribution is 2.44. The number of anilines is 1. The summed E-state index contributed by atoms with van der Waals surface area (Å²) in [5.74, 6) is 0. The van der Waals surface area contributed by atoms with Crippen LogP contribution in [0.1, 0.15) is 31.4 Å². The van der Waals surface area contributed by atoms with Gasteiger partial charge in [-0.3, -0.25) is 4.90 Å². The Morgan fingerprint density at radius 2 is 1.89 bits per heavy atom. The molecule has 2 aliphatic heterocycles. The molecule has 1 spiro atoms. The van der Waals surface area contributed by atoms with Crippen LogP contribution in [0.4, 0.5) is 5.69 Å². The average Bonchev–Trinajstić information content (AvgIpc) is 2.37. The molecule has 1 atom stereocenters. The zero-order valence-electron chi connectivity index (χ0n) is 11.1. The molecule has 2 heterocycles.